The topological polar surface area (TPSA) is 75.2 Å². The molecule has 0 atom stereocenters. The van der Waals surface area contributed by atoms with Crippen molar-refractivity contribution in [3.8, 4) is 11.5 Å². The molecule has 0 spiro atoms. The monoisotopic (exact) mass is 462 g/mol. The number of carbonyl (C=O) groups is 1. The zero-order valence-corrected chi connectivity index (χ0v) is 17.5. The largest absolute Gasteiger partial charge is 0.454 e. The summed E-state index contributed by atoms with van der Waals surface area (Å²) in [6, 6.07) is 5.91. The number of rotatable bonds is 6. The molecule has 0 unspecified atom stereocenters. The summed E-state index contributed by atoms with van der Waals surface area (Å²) in [7, 11) is 3.71. The second-order valence-corrected chi connectivity index (χ2v) is 5.96. The van der Waals surface area contributed by atoms with E-state index in [0.29, 0.717) is 19.6 Å². The molecule has 0 saturated carbocycles. The smallest absolute Gasteiger partial charge is 0.231 e. The number of benzene rings is 1. The van der Waals surface area contributed by atoms with Gasteiger partial charge < -0.3 is 25.0 Å². The van der Waals surface area contributed by atoms with Crippen molar-refractivity contribution in [1.82, 2.24) is 15.5 Å². The quantitative estimate of drug-likeness (QED) is 0.292. The third kappa shape index (κ3) is 6.26. The predicted octanol–water partition coefficient (Wildman–Crippen LogP) is 1.81. The van der Waals surface area contributed by atoms with E-state index in [1.54, 1.807) is 7.05 Å². The Hall–Kier alpha value is -1.71. The lowest BCUT2D eigenvalue weighted by Crippen LogP contribution is -2.42. The SMILES string of the molecule is CN=C(NCCNC(=O)C(C)C)N(C)Cc1ccc2c(c1)OCO2.I. The fourth-order valence-electron chi connectivity index (χ4n) is 2.34. The Bertz CT molecular complexity index is 608. The van der Waals surface area contributed by atoms with Crippen LogP contribution < -0.4 is 20.1 Å². The number of fused-ring (bicyclic) bond motifs is 1. The molecule has 0 saturated heterocycles. The van der Waals surface area contributed by atoms with Crippen LogP contribution >= 0.6 is 24.0 Å². The minimum atomic E-state index is -0.00186. The van der Waals surface area contributed by atoms with Crippen LogP contribution in [0.3, 0.4) is 0 Å². The molecule has 0 bridgehead atoms. The van der Waals surface area contributed by atoms with Crippen molar-refractivity contribution >= 4 is 35.8 Å². The van der Waals surface area contributed by atoms with Crippen LogP contribution in [0.15, 0.2) is 23.2 Å². The van der Waals surface area contributed by atoms with E-state index in [1.165, 1.54) is 0 Å². The summed E-state index contributed by atoms with van der Waals surface area (Å²) in [6.45, 7) is 5.90. The van der Waals surface area contributed by atoms with Crippen molar-refractivity contribution < 1.29 is 14.3 Å². The fraction of sp³-hybridized carbons (Fsp3) is 0.529. The van der Waals surface area contributed by atoms with E-state index in [-0.39, 0.29) is 42.6 Å². The number of aliphatic imine (C=N–C) groups is 1. The van der Waals surface area contributed by atoms with E-state index in [4.69, 9.17) is 9.47 Å². The normalized spacial score (nSPS) is 12.6. The minimum Gasteiger partial charge on any atom is -0.454 e. The Morgan fingerprint density at radius 2 is 1.92 bits per heavy atom. The number of ether oxygens (including phenoxy) is 2. The van der Waals surface area contributed by atoms with Gasteiger partial charge in [-0.15, -0.1) is 24.0 Å². The molecule has 0 radical (unpaired) electrons. The molecule has 8 heteroatoms. The molecule has 1 aromatic rings. The lowest BCUT2D eigenvalue weighted by Gasteiger charge is -2.22. The van der Waals surface area contributed by atoms with Gasteiger partial charge in [-0.05, 0) is 17.7 Å². The van der Waals surface area contributed by atoms with Crippen molar-refractivity contribution in [2.24, 2.45) is 10.9 Å². The zero-order chi connectivity index (χ0) is 17.5. The number of amides is 1. The molecule has 0 fully saturated rings. The Morgan fingerprint density at radius 3 is 2.60 bits per heavy atom. The summed E-state index contributed by atoms with van der Waals surface area (Å²) in [6.07, 6.45) is 0. The maximum Gasteiger partial charge on any atom is 0.231 e. The number of nitrogens with zero attached hydrogens (tertiary/aromatic N) is 2. The third-order valence-corrected chi connectivity index (χ3v) is 3.66. The van der Waals surface area contributed by atoms with Crippen molar-refractivity contribution in [3.05, 3.63) is 23.8 Å². The van der Waals surface area contributed by atoms with Crippen LogP contribution in [0, 0.1) is 5.92 Å². The van der Waals surface area contributed by atoms with Gasteiger partial charge in [0.2, 0.25) is 12.7 Å². The highest BCUT2D eigenvalue weighted by molar-refractivity contribution is 14.0. The first-order valence-electron chi connectivity index (χ1n) is 8.09. The molecular formula is C17H27IN4O3. The van der Waals surface area contributed by atoms with E-state index in [0.717, 1.165) is 23.0 Å². The molecule has 2 rings (SSSR count). The van der Waals surface area contributed by atoms with Crippen LogP contribution in [0.5, 0.6) is 11.5 Å². The van der Waals surface area contributed by atoms with E-state index in [2.05, 4.69) is 15.6 Å². The second-order valence-electron chi connectivity index (χ2n) is 5.96. The molecule has 140 valence electrons. The number of halogens is 1. The van der Waals surface area contributed by atoms with Gasteiger partial charge >= 0.3 is 0 Å². The number of nitrogens with one attached hydrogen (secondary N) is 2. The van der Waals surface area contributed by atoms with Crippen molar-refractivity contribution in [2.75, 3.05) is 34.0 Å². The predicted molar refractivity (Wildman–Crippen MR) is 109 cm³/mol. The molecule has 1 aromatic carbocycles. The summed E-state index contributed by atoms with van der Waals surface area (Å²) in [5, 5.41) is 6.11. The van der Waals surface area contributed by atoms with Gasteiger partial charge in [0.05, 0.1) is 0 Å². The highest BCUT2D eigenvalue weighted by Gasteiger charge is 2.14. The van der Waals surface area contributed by atoms with Crippen molar-refractivity contribution in [3.63, 3.8) is 0 Å². The highest BCUT2D eigenvalue weighted by Crippen LogP contribution is 2.32. The Morgan fingerprint density at radius 1 is 1.24 bits per heavy atom. The Balaban J connectivity index is 0.00000312. The van der Waals surface area contributed by atoms with Gasteiger partial charge in [0.15, 0.2) is 17.5 Å². The Kier molecular flexibility index (Phi) is 8.81. The maximum absolute atomic E-state index is 11.5. The average Bonchev–Trinajstić information content (AvgIpc) is 3.02. The molecule has 0 aliphatic carbocycles. The number of hydrogen-bond donors (Lipinski definition) is 2. The molecule has 1 amide bonds. The van der Waals surface area contributed by atoms with Gasteiger partial charge in [-0.1, -0.05) is 19.9 Å². The second kappa shape index (κ2) is 10.3. The molecule has 1 aliphatic rings. The van der Waals surface area contributed by atoms with Crippen LogP contribution in [0.1, 0.15) is 19.4 Å². The molecule has 1 aliphatic heterocycles. The van der Waals surface area contributed by atoms with Crippen molar-refractivity contribution in [1.29, 1.82) is 0 Å². The van der Waals surface area contributed by atoms with E-state index >= 15 is 0 Å². The van der Waals surface area contributed by atoms with Crippen LogP contribution in [0.4, 0.5) is 0 Å². The minimum absolute atomic E-state index is 0. The molecule has 7 nitrogen and oxygen atoms in total. The van der Waals surface area contributed by atoms with Crippen LogP contribution in [-0.2, 0) is 11.3 Å². The summed E-state index contributed by atoms with van der Waals surface area (Å²) in [4.78, 5) is 17.8. The van der Waals surface area contributed by atoms with E-state index in [1.807, 2.05) is 44.0 Å². The first kappa shape index (κ1) is 21.3. The summed E-state index contributed by atoms with van der Waals surface area (Å²) in [5.41, 5.74) is 1.11. The Labute approximate surface area is 166 Å². The number of hydrogen-bond acceptors (Lipinski definition) is 4. The van der Waals surface area contributed by atoms with Gasteiger partial charge in [-0.2, -0.15) is 0 Å². The maximum atomic E-state index is 11.5. The van der Waals surface area contributed by atoms with Gasteiger partial charge in [-0.3, -0.25) is 9.79 Å². The highest BCUT2D eigenvalue weighted by atomic mass is 127. The lowest BCUT2D eigenvalue weighted by molar-refractivity contribution is -0.123. The van der Waals surface area contributed by atoms with E-state index in [9.17, 15) is 4.79 Å². The molecule has 25 heavy (non-hydrogen) atoms. The van der Waals surface area contributed by atoms with Gasteiger partial charge in [-0.25, -0.2) is 0 Å². The average molecular weight is 462 g/mol. The van der Waals surface area contributed by atoms with Crippen LogP contribution in [-0.4, -0.2) is 50.7 Å². The molecule has 2 N–H and O–H groups in total. The standard InChI is InChI=1S/C17H26N4O3.HI/c1-12(2)16(22)19-7-8-20-17(18-3)21(4)10-13-5-6-14-15(9-13)24-11-23-14;/h5-6,9,12H,7-8,10-11H2,1-4H3,(H,18,20)(H,19,22);1H. The summed E-state index contributed by atoms with van der Waals surface area (Å²) >= 11 is 0. The lowest BCUT2D eigenvalue weighted by atomic mass is 10.2. The molecular weight excluding hydrogens is 435 g/mol. The van der Waals surface area contributed by atoms with Crippen LogP contribution in [0.2, 0.25) is 0 Å². The first-order valence-corrected chi connectivity index (χ1v) is 8.09. The fourth-order valence-corrected chi connectivity index (χ4v) is 2.34. The summed E-state index contributed by atoms with van der Waals surface area (Å²) < 4.78 is 10.7. The third-order valence-electron chi connectivity index (χ3n) is 3.66. The molecule has 0 aromatic heterocycles. The zero-order valence-electron chi connectivity index (χ0n) is 15.2. The number of guanidine groups is 1. The van der Waals surface area contributed by atoms with Gasteiger partial charge in [0.25, 0.3) is 0 Å². The first-order chi connectivity index (χ1) is 11.5. The summed E-state index contributed by atoms with van der Waals surface area (Å²) in [5.74, 6) is 2.38. The van der Waals surface area contributed by atoms with Gasteiger partial charge in [0.1, 0.15) is 0 Å². The van der Waals surface area contributed by atoms with Gasteiger partial charge in [0, 0.05) is 39.6 Å². The molecule has 1 heterocycles. The van der Waals surface area contributed by atoms with E-state index < -0.39 is 0 Å². The van der Waals surface area contributed by atoms with Crippen molar-refractivity contribution in [2.45, 2.75) is 20.4 Å². The van der Waals surface area contributed by atoms with Crippen LogP contribution in [0.25, 0.3) is 0 Å². The number of carbonyl (C=O) groups excluding carboxylic acids is 1.